The highest BCUT2D eigenvalue weighted by Crippen LogP contribution is 2.35. The predicted molar refractivity (Wildman–Crippen MR) is 124 cm³/mol. The van der Waals surface area contributed by atoms with Crippen LogP contribution in [0.5, 0.6) is 0 Å². The van der Waals surface area contributed by atoms with Crippen molar-refractivity contribution in [3.63, 3.8) is 0 Å². The van der Waals surface area contributed by atoms with Crippen LogP contribution in [0, 0.1) is 0 Å². The number of amides is 2. The summed E-state index contributed by atoms with van der Waals surface area (Å²) in [6, 6.07) is 18.0. The normalized spacial score (nSPS) is 17.5. The standard InChI is InChI=1S/C25H24N4O2S/c30-24-22(21-9-5-15-32-21)23(25(31)29(24)18-20-8-4-10-26-16-20)28-13-11-27(12-14-28)17-19-6-2-1-3-7-19/h1-10,15-16H,11-14,17-18H2. The van der Waals surface area contributed by atoms with E-state index in [1.54, 1.807) is 12.4 Å². The Morgan fingerprint density at radius 3 is 2.28 bits per heavy atom. The van der Waals surface area contributed by atoms with Crippen molar-refractivity contribution in [3.8, 4) is 0 Å². The zero-order valence-electron chi connectivity index (χ0n) is 17.7. The monoisotopic (exact) mass is 444 g/mol. The van der Waals surface area contributed by atoms with Crippen molar-refractivity contribution in [2.45, 2.75) is 13.1 Å². The first kappa shape index (κ1) is 20.6. The Labute approximate surface area is 191 Å². The molecule has 6 nitrogen and oxygen atoms in total. The van der Waals surface area contributed by atoms with Gasteiger partial charge in [-0.1, -0.05) is 42.5 Å². The summed E-state index contributed by atoms with van der Waals surface area (Å²) in [5.41, 5.74) is 3.20. The van der Waals surface area contributed by atoms with Crippen LogP contribution >= 0.6 is 11.3 Å². The number of piperazine rings is 1. The first-order chi connectivity index (χ1) is 15.7. The lowest BCUT2D eigenvalue weighted by Crippen LogP contribution is -2.47. The molecule has 5 rings (SSSR count). The Hall–Kier alpha value is -3.29. The maximum atomic E-state index is 13.5. The van der Waals surface area contributed by atoms with Crippen LogP contribution in [0.1, 0.15) is 16.0 Å². The number of carbonyl (C=O) groups excluding carboxylic acids is 2. The molecule has 0 unspecified atom stereocenters. The highest BCUT2D eigenvalue weighted by molar-refractivity contribution is 7.11. The fraction of sp³-hybridized carbons (Fsp3) is 0.240. The van der Waals surface area contributed by atoms with E-state index in [1.807, 2.05) is 35.7 Å². The molecule has 4 heterocycles. The van der Waals surface area contributed by atoms with E-state index in [0.717, 1.165) is 43.2 Å². The van der Waals surface area contributed by atoms with E-state index < -0.39 is 0 Å². The van der Waals surface area contributed by atoms with Crippen molar-refractivity contribution >= 4 is 28.7 Å². The van der Waals surface area contributed by atoms with Crippen LogP contribution in [-0.4, -0.2) is 57.7 Å². The highest BCUT2D eigenvalue weighted by atomic mass is 32.1. The summed E-state index contributed by atoms with van der Waals surface area (Å²) in [7, 11) is 0. The number of imide groups is 1. The average Bonchev–Trinajstić information content (AvgIpc) is 3.44. The number of hydrogen-bond acceptors (Lipinski definition) is 6. The van der Waals surface area contributed by atoms with Crippen LogP contribution in [0.25, 0.3) is 5.57 Å². The van der Waals surface area contributed by atoms with Gasteiger partial charge in [-0.15, -0.1) is 11.3 Å². The van der Waals surface area contributed by atoms with Gasteiger partial charge in [0.05, 0.1) is 12.1 Å². The van der Waals surface area contributed by atoms with Gasteiger partial charge in [-0.05, 0) is 28.6 Å². The van der Waals surface area contributed by atoms with Gasteiger partial charge in [0.15, 0.2) is 0 Å². The Balaban J connectivity index is 1.37. The van der Waals surface area contributed by atoms with Gasteiger partial charge >= 0.3 is 0 Å². The van der Waals surface area contributed by atoms with Crippen molar-refractivity contribution in [1.29, 1.82) is 0 Å². The van der Waals surface area contributed by atoms with Gasteiger partial charge in [0, 0.05) is 50.0 Å². The second-order valence-corrected chi connectivity index (χ2v) is 8.96. The smallest absolute Gasteiger partial charge is 0.278 e. The lowest BCUT2D eigenvalue weighted by molar-refractivity contribution is -0.138. The lowest BCUT2D eigenvalue weighted by Gasteiger charge is -2.36. The van der Waals surface area contributed by atoms with Gasteiger partial charge in [-0.2, -0.15) is 0 Å². The molecule has 2 aliphatic heterocycles. The number of pyridine rings is 1. The molecule has 1 aromatic carbocycles. The topological polar surface area (TPSA) is 56.8 Å². The first-order valence-corrected chi connectivity index (χ1v) is 11.6. The Bertz CT molecular complexity index is 1120. The fourth-order valence-corrected chi connectivity index (χ4v) is 5.05. The van der Waals surface area contributed by atoms with Gasteiger partial charge in [0.2, 0.25) is 0 Å². The van der Waals surface area contributed by atoms with Crippen molar-refractivity contribution in [3.05, 3.63) is 94.1 Å². The fourth-order valence-electron chi connectivity index (χ4n) is 4.29. The van der Waals surface area contributed by atoms with E-state index in [4.69, 9.17) is 0 Å². The van der Waals surface area contributed by atoms with Gasteiger partial charge in [-0.25, -0.2) is 0 Å². The second-order valence-electron chi connectivity index (χ2n) is 8.01. The molecule has 2 amide bonds. The lowest BCUT2D eigenvalue weighted by atomic mass is 10.1. The van der Waals surface area contributed by atoms with E-state index >= 15 is 0 Å². The highest BCUT2D eigenvalue weighted by Gasteiger charge is 2.42. The van der Waals surface area contributed by atoms with Gasteiger partial charge < -0.3 is 4.90 Å². The maximum absolute atomic E-state index is 13.5. The molecule has 162 valence electrons. The molecular weight excluding hydrogens is 420 g/mol. The number of nitrogens with zero attached hydrogens (tertiary/aromatic N) is 4. The number of aromatic nitrogens is 1. The molecular formula is C25H24N4O2S. The second kappa shape index (κ2) is 9.06. The predicted octanol–water partition coefficient (Wildman–Crippen LogP) is 3.24. The number of carbonyl (C=O) groups is 2. The zero-order valence-corrected chi connectivity index (χ0v) is 18.5. The van der Waals surface area contributed by atoms with Crippen LogP contribution in [0.4, 0.5) is 0 Å². The molecule has 0 bridgehead atoms. The molecule has 0 aliphatic carbocycles. The molecule has 3 aromatic rings. The summed E-state index contributed by atoms with van der Waals surface area (Å²) in [6.45, 7) is 4.26. The molecule has 2 aromatic heterocycles. The van der Waals surface area contributed by atoms with Gasteiger partial charge in [-0.3, -0.25) is 24.4 Å². The van der Waals surface area contributed by atoms with E-state index in [0.29, 0.717) is 11.3 Å². The summed E-state index contributed by atoms with van der Waals surface area (Å²) >= 11 is 1.50. The van der Waals surface area contributed by atoms with Crippen LogP contribution in [0.2, 0.25) is 0 Å². The zero-order chi connectivity index (χ0) is 21.9. The number of rotatable bonds is 6. The van der Waals surface area contributed by atoms with Crippen LogP contribution < -0.4 is 0 Å². The molecule has 0 spiro atoms. The molecule has 0 atom stereocenters. The minimum Gasteiger partial charge on any atom is -0.364 e. The Morgan fingerprint density at radius 1 is 0.812 bits per heavy atom. The van der Waals surface area contributed by atoms with E-state index in [1.165, 1.54) is 21.8 Å². The van der Waals surface area contributed by atoms with Crippen molar-refractivity contribution in [1.82, 2.24) is 19.7 Å². The molecule has 0 saturated carbocycles. The van der Waals surface area contributed by atoms with Gasteiger partial charge in [0.1, 0.15) is 5.70 Å². The summed E-state index contributed by atoms with van der Waals surface area (Å²) in [5.74, 6) is -0.429. The number of hydrogen-bond donors (Lipinski definition) is 0. The number of thiophene rings is 1. The third kappa shape index (κ3) is 4.09. The Morgan fingerprint density at radius 2 is 1.59 bits per heavy atom. The van der Waals surface area contributed by atoms with E-state index in [-0.39, 0.29) is 18.4 Å². The molecule has 2 aliphatic rings. The molecule has 0 radical (unpaired) electrons. The molecule has 1 saturated heterocycles. The van der Waals surface area contributed by atoms with E-state index in [2.05, 4.69) is 39.0 Å². The molecule has 7 heteroatoms. The summed E-state index contributed by atoms with van der Waals surface area (Å²) in [5, 5.41) is 1.94. The third-order valence-electron chi connectivity index (χ3n) is 5.91. The Kier molecular flexibility index (Phi) is 5.83. The van der Waals surface area contributed by atoms with Crippen molar-refractivity contribution in [2.75, 3.05) is 26.2 Å². The third-order valence-corrected chi connectivity index (χ3v) is 6.80. The van der Waals surface area contributed by atoms with Crippen LogP contribution in [0.15, 0.2) is 78.1 Å². The van der Waals surface area contributed by atoms with E-state index in [9.17, 15) is 9.59 Å². The van der Waals surface area contributed by atoms with Gasteiger partial charge in [0.25, 0.3) is 11.8 Å². The summed E-state index contributed by atoms with van der Waals surface area (Å²) in [4.78, 5) is 37.7. The minimum absolute atomic E-state index is 0.209. The molecule has 1 fully saturated rings. The van der Waals surface area contributed by atoms with Crippen molar-refractivity contribution < 1.29 is 9.59 Å². The first-order valence-electron chi connectivity index (χ1n) is 10.7. The van der Waals surface area contributed by atoms with Crippen molar-refractivity contribution in [2.24, 2.45) is 0 Å². The molecule has 32 heavy (non-hydrogen) atoms. The quantitative estimate of drug-likeness (QED) is 0.547. The molecule has 0 N–H and O–H groups in total. The largest absolute Gasteiger partial charge is 0.364 e. The summed E-state index contributed by atoms with van der Waals surface area (Å²) < 4.78 is 0. The SMILES string of the molecule is O=C1C(c2cccs2)=C(N2CCN(Cc3ccccc3)CC2)C(=O)N1Cc1cccnc1. The summed E-state index contributed by atoms with van der Waals surface area (Å²) in [6.07, 6.45) is 3.39. The average molecular weight is 445 g/mol. The number of benzene rings is 1. The van der Waals surface area contributed by atoms with Crippen LogP contribution in [-0.2, 0) is 22.7 Å². The van der Waals surface area contributed by atoms with Crippen LogP contribution in [0.3, 0.4) is 0 Å². The maximum Gasteiger partial charge on any atom is 0.278 e. The minimum atomic E-state index is -0.219.